The van der Waals surface area contributed by atoms with Crippen LogP contribution < -0.4 is 4.90 Å². The molecule has 0 saturated carbocycles. The van der Waals surface area contributed by atoms with Crippen LogP contribution in [0.4, 0.5) is 5.82 Å². The fourth-order valence-electron chi connectivity index (χ4n) is 2.24. The van der Waals surface area contributed by atoms with E-state index in [1.807, 2.05) is 26.8 Å². The van der Waals surface area contributed by atoms with Crippen LogP contribution in [0.5, 0.6) is 0 Å². The lowest BCUT2D eigenvalue weighted by molar-refractivity contribution is -0.160. The van der Waals surface area contributed by atoms with E-state index in [0.29, 0.717) is 11.7 Å². The molecule has 1 aliphatic heterocycles. The number of nitrogens with zero attached hydrogens (tertiary/aromatic N) is 3. The molecular weight excluding hydrogens is 278 g/mol. The summed E-state index contributed by atoms with van der Waals surface area (Å²) in [5, 5.41) is 8.27. The third-order valence-corrected chi connectivity index (χ3v) is 3.31. The molecule has 20 heavy (non-hydrogen) atoms. The summed E-state index contributed by atoms with van der Waals surface area (Å²) < 4.78 is 5.46. The predicted molar refractivity (Wildman–Crippen MR) is 77.8 cm³/mol. The molecule has 2 heterocycles. The van der Waals surface area contributed by atoms with E-state index in [4.69, 9.17) is 16.3 Å². The highest BCUT2D eigenvalue weighted by atomic mass is 35.5. The first-order chi connectivity index (χ1) is 9.35. The van der Waals surface area contributed by atoms with Crippen molar-refractivity contribution in [2.75, 3.05) is 18.0 Å². The number of ether oxygens (including phenoxy) is 1. The highest BCUT2D eigenvalue weighted by Crippen LogP contribution is 2.24. The normalized spacial score (nSPS) is 19.8. The third kappa shape index (κ3) is 4.07. The van der Waals surface area contributed by atoms with Gasteiger partial charge in [0.25, 0.3) is 0 Å². The molecule has 1 unspecified atom stereocenters. The fourth-order valence-corrected chi connectivity index (χ4v) is 2.34. The quantitative estimate of drug-likeness (QED) is 0.786. The Bertz CT molecular complexity index is 470. The summed E-state index contributed by atoms with van der Waals surface area (Å²) in [6, 6.07) is 3.54. The third-order valence-electron chi connectivity index (χ3n) is 3.10. The Balaban J connectivity index is 2.01. The van der Waals surface area contributed by atoms with Gasteiger partial charge in [0.05, 0.1) is 5.92 Å². The molecule has 1 aromatic rings. The lowest BCUT2D eigenvalue weighted by Crippen LogP contribution is -2.41. The summed E-state index contributed by atoms with van der Waals surface area (Å²) in [6.07, 6.45) is 1.79. The maximum atomic E-state index is 12.1. The van der Waals surface area contributed by atoms with Crippen LogP contribution in [0.1, 0.15) is 33.6 Å². The number of halogens is 1. The summed E-state index contributed by atoms with van der Waals surface area (Å²) in [6.45, 7) is 7.14. The van der Waals surface area contributed by atoms with Gasteiger partial charge in [-0.05, 0) is 45.7 Å². The van der Waals surface area contributed by atoms with Crippen LogP contribution in [0.2, 0.25) is 5.15 Å². The van der Waals surface area contributed by atoms with Crippen LogP contribution in [0.25, 0.3) is 0 Å². The minimum absolute atomic E-state index is 0.111. The van der Waals surface area contributed by atoms with Gasteiger partial charge in [-0.25, -0.2) is 0 Å². The number of carbonyl (C=O) groups excluding carboxylic acids is 1. The van der Waals surface area contributed by atoms with E-state index in [2.05, 4.69) is 15.1 Å². The molecule has 0 amide bonds. The van der Waals surface area contributed by atoms with Gasteiger partial charge >= 0.3 is 5.97 Å². The summed E-state index contributed by atoms with van der Waals surface area (Å²) in [5.74, 6) is 0.507. The summed E-state index contributed by atoms with van der Waals surface area (Å²) in [5.41, 5.74) is -0.445. The van der Waals surface area contributed by atoms with Crippen LogP contribution >= 0.6 is 11.6 Å². The van der Waals surface area contributed by atoms with Gasteiger partial charge in [0, 0.05) is 13.1 Å². The minimum atomic E-state index is -0.445. The number of aromatic nitrogens is 2. The standard InChI is InChI=1S/C14H20ClN3O2/c1-14(2,3)20-13(19)10-5-4-8-18(9-10)12-7-6-11(15)16-17-12/h6-7,10H,4-5,8-9H2,1-3H3. The number of carbonyl (C=O) groups is 1. The SMILES string of the molecule is CC(C)(C)OC(=O)C1CCCN(c2ccc(Cl)nn2)C1. The number of anilines is 1. The monoisotopic (exact) mass is 297 g/mol. The molecule has 2 rings (SSSR count). The van der Waals surface area contributed by atoms with E-state index in [9.17, 15) is 4.79 Å². The lowest BCUT2D eigenvalue weighted by Gasteiger charge is -2.33. The van der Waals surface area contributed by atoms with Crippen molar-refractivity contribution in [3.05, 3.63) is 17.3 Å². The van der Waals surface area contributed by atoms with E-state index < -0.39 is 5.60 Å². The molecule has 1 aliphatic rings. The Morgan fingerprint density at radius 2 is 2.15 bits per heavy atom. The largest absolute Gasteiger partial charge is 0.460 e. The molecule has 1 fully saturated rings. The molecule has 1 saturated heterocycles. The van der Waals surface area contributed by atoms with E-state index in [1.165, 1.54) is 0 Å². The number of piperidine rings is 1. The average Bonchev–Trinajstić information content (AvgIpc) is 2.38. The molecule has 6 heteroatoms. The Morgan fingerprint density at radius 1 is 1.40 bits per heavy atom. The van der Waals surface area contributed by atoms with Crippen molar-refractivity contribution in [3.63, 3.8) is 0 Å². The number of esters is 1. The second-order valence-electron chi connectivity index (χ2n) is 6.03. The van der Waals surface area contributed by atoms with Gasteiger partial charge in [-0.15, -0.1) is 10.2 Å². The lowest BCUT2D eigenvalue weighted by atomic mass is 9.98. The second kappa shape index (κ2) is 5.95. The van der Waals surface area contributed by atoms with Gasteiger partial charge in [0.1, 0.15) is 5.60 Å². The Labute approximate surface area is 124 Å². The minimum Gasteiger partial charge on any atom is -0.460 e. The van der Waals surface area contributed by atoms with E-state index in [1.54, 1.807) is 6.07 Å². The predicted octanol–water partition coefficient (Wildman–Crippen LogP) is 2.69. The van der Waals surface area contributed by atoms with Gasteiger partial charge in [0.15, 0.2) is 11.0 Å². The van der Waals surface area contributed by atoms with Crippen molar-refractivity contribution in [2.24, 2.45) is 5.92 Å². The zero-order chi connectivity index (χ0) is 14.8. The van der Waals surface area contributed by atoms with Crippen molar-refractivity contribution >= 4 is 23.4 Å². The molecule has 0 spiro atoms. The van der Waals surface area contributed by atoms with Crippen LogP contribution in [-0.2, 0) is 9.53 Å². The summed E-state index contributed by atoms with van der Waals surface area (Å²) in [7, 11) is 0. The van der Waals surface area contributed by atoms with Crippen molar-refractivity contribution in [1.82, 2.24) is 10.2 Å². The second-order valence-corrected chi connectivity index (χ2v) is 6.42. The van der Waals surface area contributed by atoms with Crippen molar-refractivity contribution in [3.8, 4) is 0 Å². The molecule has 0 radical (unpaired) electrons. The Kier molecular flexibility index (Phi) is 4.48. The molecule has 5 nitrogen and oxygen atoms in total. The zero-order valence-electron chi connectivity index (χ0n) is 12.1. The van der Waals surface area contributed by atoms with Gasteiger partial charge in [0.2, 0.25) is 0 Å². The van der Waals surface area contributed by atoms with Crippen molar-refractivity contribution in [2.45, 2.75) is 39.2 Å². The van der Waals surface area contributed by atoms with Gasteiger partial charge in [-0.3, -0.25) is 4.79 Å². The molecular formula is C14H20ClN3O2. The smallest absolute Gasteiger partial charge is 0.311 e. The molecule has 0 aliphatic carbocycles. The fraction of sp³-hybridized carbons (Fsp3) is 0.643. The number of rotatable bonds is 2. The van der Waals surface area contributed by atoms with Crippen molar-refractivity contribution in [1.29, 1.82) is 0 Å². The van der Waals surface area contributed by atoms with Crippen LogP contribution in [-0.4, -0.2) is 34.9 Å². The molecule has 0 bridgehead atoms. The van der Waals surface area contributed by atoms with E-state index in [-0.39, 0.29) is 11.9 Å². The average molecular weight is 298 g/mol. The van der Waals surface area contributed by atoms with Crippen LogP contribution in [0.3, 0.4) is 0 Å². The highest BCUT2D eigenvalue weighted by Gasteiger charge is 2.30. The maximum Gasteiger partial charge on any atom is 0.311 e. The molecule has 0 N–H and O–H groups in total. The first-order valence-electron chi connectivity index (χ1n) is 6.82. The summed E-state index contributed by atoms with van der Waals surface area (Å²) in [4.78, 5) is 14.2. The van der Waals surface area contributed by atoms with E-state index in [0.717, 1.165) is 25.2 Å². The Morgan fingerprint density at radius 3 is 2.75 bits per heavy atom. The molecule has 0 aromatic carbocycles. The molecule has 1 aromatic heterocycles. The summed E-state index contributed by atoms with van der Waals surface area (Å²) >= 11 is 5.74. The van der Waals surface area contributed by atoms with Gasteiger partial charge in [-0.2, -0.15) is 0 Å². The maximum absolute atomic E-state index is 12.1. The van der Waals surface area contributed by atoms with Crippen molar-refractivity contribution < 1.29 is 9.53 Å². The van der Waals surface area contributed by atoms with Gasteiger partial charge < -0.3 is 9.64 Å². The molecule has 1 atom stereocenters. The van der Waals surface area contributed by atoms with Crippen LogP contribution in [0.15, 0.2) is 12.1 Å². The Hall–Kier alpha value is -1.36. The number of hydrogen-bond acceptors (Lipinski definition) is 5. The first-order valence-corrected chi connectivity index (χ1v) is 7.20. The number of hydrogen-bond donors (Lipinski definition) is 0. The topological polar surface area (TPSA) is 55.3 Å². The zero-order valence-corrected chi connectivity index (χ0v) is 12.9. The van der Waals surface area contributed by atoms with Gasteiger partial charge in [-0.1, -0.05) is 11.6 Å². The molecule has 110 valence electrons. The van der Waals surface area contributed by atoms with E-state index >= 15 is 0 Å². The highest BCUT2D eigenvalue weighted by molar-refractivity contribution is 6.29. The first kappa shape index (κ1) is 15.0. The van der Waals surface area contributed by atoms with Crippen LogP contribution in [0, 0.1) is 5.92 Å².